The molecule has 0 amide bonds. The van der Waals surface area contributed by atoms with Gasteiger partial charge in [-0.3, -0.25) is 4.98 Å². The van der Waals surface area contributed by atoms with Gasteiger partial charge in [0.25, 0.3) is 0 Å². The van der Waals surface area contributed by atoms with Crippen molar-refractivity contribution in [2.75, 3.05) is 33.8 Å². The molecule has 0 aromatic carbocycles. The van der Waals surface area contributed by atoms with Gasteiger partial charge >= 0.3 is 0 Å². The van der Waals surface area contributed by atoms with Crippen LogP contribution in [0, 0.1) is 5.92 Å². The summed E-state index contributed by atoms with van der Waals surface area (Å²) >= 11 is 0. The van der Waals surface area contributed by atoms with Gasteiger partial charge in [-0.1, -0.05) is 0 Å². The SMILES string of the molecule is COc1nccnc1CN(C)C[C@@H]1CCNC1. The summed E-state index contributed by atoms with van der Waals surface area (Å²) in [6.07, 6.45) is 4.63. The van der Waals surface area contributed by atoms with E-state index >= 15 is 0 Å². The van der Waals surface area contributed by atoms with Gasteiger partial charge in [0.15, 0.2) is 0 Å². The third kappa shape index (κ3) is 3.38. The summed E-state index contributed by atoms with van der Waals surface area (Å²) in [4.78, 5) is 10.8. The number of nitrogens with zero attached hydrogens (tertiary/aromatic N) is 3. The summed E-state index contributed by atoms with van der Waals surface area (Å²) in [5.41, 5.74) is 0.906. The van der Waals surface area contributed by atoms with Crippen molar-refractivity contribution < 1.29 is 4.74 Å². The van der Waals surface area contributed by atoms with Crippen LogP contribution in [0.25, 0.3) is 0 Å². The first-order valence-corrected chi connectivity index (χ1v) is 6.02. The highest BCUT2D eigenvalue weighted by Gasteiger charge is 2.17. The Hall–Kier alpha value is -1.20. The first kappa shape index (κ1) is 12.3. The molecule has 0 unspecified atom stereocenters. The second-order valence-electron chi connectivity index (χ2n) is 4.57. The molecule has 2 heterocycles. The molecule has 0 aliphatic carbocycles. The molecule has 5 heteroatoms. The van der Waals surface area contributed by atoms with Gasteiger partial charge in [0.1, 0.15) is 5.69 Å². The molecule has 1 N–H and O–H groups in total. The van der Waals surface area contributed by atoms with E-state index in [0.29, 0.717) is 5.88 Å². The quantitative estimate of drug-likeness (QED) is 0.808. The van der Waals surface area contributed by atoms with Crippen molar-refractivity contribution in [1.29, 1.82) is 0 Å². The van der Waals surface area contributed by atoms with Gasteiger partial charge in [-0.05, 0) is 32.5 Å². The normalized spacial score (nSPS) is 19.8. The Morgan fingerprint density at radius 3 is 3.00 bits per heavy atom. The monoisotopic (exact) mass is 236 g/mol. The van der Waals surface area contributed by atoms with Crippen molar-refractivity contribution in [3.8, 4) is 5.88 Å². The largest absolute Gasteiger partial charge is 0.480 e. The van der Waals surface area contributed by atoms with Gasteiger partial charge in [0.2, 0.25) is 5.88 Å². The van der Waals surface area contributed by atoms with Crippen molar-refractivity contribution in [2.24, 2.45) is 5.92 Å². The molecule has 5 nitrogen and oxygen atoms in total. The van der Waals surface area contributed by atoms with E-state index in [1.165, 1.54) is 6.42 Å². The van der Waals surface area contributed by atoms with Crippen LogP contribution in [-0.4, -0.2) is 48.7 Å². The van der Waals surface area contributed by atoms with Crippen LogP contribution < -0.4 is 10.1 Å². The fourth-order valence-electron chi connectivity index (χ4n) is 2.26. The van der Waals surface area contributed by atoms with E-state index in [4.69, 9.17) is 4.74 Å². The molecule has 94 valence electrons. The van der Waals surface area contributed by atoms with E-state index in [9.17, 15) is 0 Å². The molecule has 0 bridgehead atoms. The summed E-state index contributed by atoms with van der Waals surface area (Å²) in [5.74, 6) is 1.38. The minimum Gasteiger partial charge on any atom is -0.480 e. The molecule has 1 aromatic heterocycles. The Kier molecular flexibility index (Phi) is 4.28. The lowest BCUT2D eigenvalue weighted by Gasteiger charge is -2.20. The molecule has 1 aliphatic heterocycles. The van der Waals surface area contributed by atoms with Crippen molar-refractivity contribution in [1.82, 2.24) is 20.2 Å². The Bertz CT molecular complexity index is 352. The molecule has 1 aromatic rings. The number of ether oxygens (including phenoxy) is 1. The van der Waals surface area contributed by atoms with Gasteiger partial charge in [-0.15, -0.1) is 0 Å². The molecular weight excluding hydrogens is 216 g/mol. The van der Waals surface area contributed by atoms with Crippen LogP contribution in [0.2, 0.25) is 0 Å². The predicted molar refractivity (Wildman–Crippen MR) is 65.9 cm³/mol. The third-order valence-electron chi connectivity index (χ3n) is 3.08. The number of rotatable bonds is 5. The highest BCUT2D eigenvalue weighted by molar-refractivity contribution is 5.16. The number of aromatic nitrogens is 2. The maximum absolute atomic E-state index is 5.20. The Morgan fingerprint density at radius 2 is 2.29 bits per heavy atom. The third-order valence-corrected chi connectivity index (χ3v) is 3.08. The molecule has 0 spiro atoms. The smallest absolute Gasteiger partial charge is 0.236 e. The van der Waals surface area contributed by atoms with E-state index in [-0.39, 0.29) is 0 Å². The highest BCUT2D eigenvalue weighted by Crippen LogP contribution is 2.15. The summed E-state index contributed by atoms with van der Waals surface area (Å²) in [6, 6.07) is 0. The van der Waals surface area contributed by atoms with Gasteiger partial charge in [0.05, 0.1) is 7.11 Å². The van der Waals surface area contributed by atoms with E-state index in [2.05, 4.69) is 27.2 Å². The zero-order valence-electron chi connectivity index (χ0n) is 10.5. The minimum absolute atomic E-state index is 0.629. The zero-order valence-corrected chi connectivity index (χ0v) is 10.5. The lowest BCUT2D eigenvalue weighted by molar-refractivity contribution is 0.268. The summed E-state index contributed by atoms with van der Waals surface area (Å²) in [5, 5.41) is 3.38. The predicted octanol–water partition coefficient (Wildman–Crippen LogP) is 0.527. The Labute approximate surface area is 102 Å². The average Bonchev–Trinajstić information content (AvgIpc) is 2.82. The average molecular weight is 236 g/mol. The van der Waals surface area contributed by atoms with Gasteiger partial charge in [-0.2, -0.15) is 0 Å². The number of methoxy groups -OCH3 is 1. The lowest BCUT2D eigenvalue weighted by Crippen LogP contribution is -2.27. The van der Waals surface area contributed by atoms with Crippen LogP contribution in [-0.2, 0) is 6.54 Å². The summed E-state index contributed by atoms with van der Waals surface area (Å²) < 4.78 is 5.20. The van der Waals surface area contributed by atoms with Gasteiger partial charge in [0, 0.05) is 25.5 Å². The maximum atomic E-state index is 5.20. The molecular formula is C12H20N4O. The van der Waals surface area contributed by atoms with E-state index < -0.39 is 0 Å². The topological polar surface area (TPSA) is 50.3 Å². The molecule has 1 aliphatic rings. The first-order valence-electron chi connectivity index (χ1n) is 6.02. The fraction of sp³-hybridized carbons (Fsp3) is 0.667. The molecule has 1 saturated heterocycles. The van der Waals surface area contributed by atoms with Crippen LogP contribution in [0.4, 0.5) is 0 Å². The summed E-state index contributed by atoms with van der Waals surface area (Å²) in [6.45, 7) is 4.15. The number of hydrogen-bond donors (Lipinski definition) is 1. The van der Waals surface area contributed by atoms with Crippen LogP contribution in [0.1, 0.15) is 12.1 Å². The van der Waals surface area contributed by atoms with Crippen LogP contribution in [0.5, 0.6) is 5.88 Å². The molecule has 0 saturated carbocycles. The molecule has 0 radical (unpaired) electrons. The van der Waals surface area contributed by atoms with E-state index in [1.807, 2.05) is 0 Å². The fourth-order valence-corrected chi connectivity index (χ4v) is 2.26. The standard InChI is InChI=1S/C12H20N4O/c1-16(8-10-3-4-13-7-10)9-11-12(17-2)15-6-5-14-11/h5-6,10,13H,3-4,7-9H2,1-2H3/t10-/m1/s1. The van der Waals surface area contributed by atoms with E-state index in [1.54, 1.807) is 19.5 Å². The zero-order chi connectivity index (χ0) is 12.1. The van der Waals surface area contributed by atoms with Crippen molar-refractivity contribution in [3.05, 3.63) is 18.1 Å². The maximum Gasteiger partial charge on any atom is 0.236 e. The Morgan fingerprint density at radius 1 is 1.47 bits per heavy atom. The second kappa shape index (κ2) is 5.93. The van der Waals surface area contributed by atoms with Gasteiger partial charge < -0.3 is 15.0 Å². The molecule has 2 rings (SSSR count). The number of nitrogens with one attached hydrogen (secondary N) is 1. The highest BCUT2D eigenvalue weighted by atomic mass is 16.5. The van der Waals surface area contributed by atoms with Crippen LogP contribution in [0.3, 0.4) is 0 Å². The molecule has 17 heavy (non-hydrogen) atoms. The summed E-state index contributed by atoms with van der Waals surface area (Å²) in [7, 11) is 3.75. The van der Waals surface area contributed by atoms with Crippen LogP contribution in [0.15, 0.2) is 12.4 Å². The number of hydrogen-bond acceptors (Lipinski definition) is 5. The van der Waals surface area contributed by atoms with Gasteiger partial charge in [-0.25, -0.2) is 4.98 Å². The van der Waals surface area contributed by atoms with Crippen molar-refractivity contribution >= 4 is 0 Å². The van der Waals surface area contributed by atoms with Crippen molar-refractivity contribution in [2.45, 2.75) is 13.0 Å². The second-order valence-corrected chi connectivity index (χ2v) is 4.57. The minimum atomic E-state index is 0.629. The Balaban J connectivity index is 1.90. The van der Waals surface area contributed by atoms with Crippen molar-refractivity contribution in [3.63, 3.8) is 0 Å². The van der Waals surface area contributed by atoms with Crippen LogP contribution >= 0.6 is 0 Å². The first-order chi connectivity index (χ1) is 8.29. The molecule has 1 fully saturated rings. The van der Waals surface area contributed by atoms with E-state index in [0.717, 1.165) is 37.8 Å². The molecule has 1 atom stereocenters. The lowest BCUT2D eigenvalue weighted by atomic mass is 10.1.